The summed E-state index contributed by atoms with van der Waals surface area (Å²) in [4.78, 5) is 10.7. The molecule has 134 valence electrons. The molecule has 0 aliphatic rings. The first-order chi connectivity index (χ1) is 10.1. The molecule has 0 aliphatic heterocycles. The van der Waals surface area contributed by atoms with E-state index in [1.807, 2.05) is 11.3 Å². The van der Waals surface area contributed by atoms with Crippen LogP contribution >= 0.6 is 36.2 Å². The summed E-state index contributed by atoms with van der Waals surface area (Å²) < 4.78 is 0. The van der Waals surface area contributed by atoms with E-state index < -0.39 is 0 Å². The molecule has 0 amide bonds. The van der Waals surface area contributed by atoms with Gasteiger partial charge in [-0.1, -0.05) is 12.8 Å². The van der Waals surface area contributed by atoms with Crippen LogP contribution in [0.3, 0.4) is 0 Å². The second-order valence-electron chi connectivity index (χ2n) is 4.90. The summed E-state index contributed by atoms with van der Waals surface area (Å²) >= 11 is 1.85. The standard InChI is InChI=1S/C14H26N6S.2ClH/c15-13(16)19-9-4-2-1-3-5-11-6-7-12(21-11)8-10-20-14(17)18;;/h6-7H,1-5,8-10H2,(H4,15,16,19)(H4,17,18,20);2*1H. The van der Waals surface area contributed by atoms with Gasteiger partial charge in [-0.25, -0.2) is 0 Å². The smallest absolute Gasteiger partial charge is 0.185 e. The Morgan fingerprint density at radius 3 is 1.87 bits per heavy atom. The average Bonchev–Trinajstić information content (AvgIpc) is 2.85. The van der Waals surface area contributed by atoms with Crippen molar-refractivity contribution in [1.82, 2.24) is 0 Å². The van der Waals surface area contributed by atoms with Gasteiger partial charge in [0.05, 0.1) is 0 Å². The molecule has 0 unspecified atom stereocenters. The molecule has 1 aromatic rings. The number of aryl methyl sites for hydroxylation is 1. The third-order valence-electron chi connectivity index (χ3n) is 3.00. The lowest BCUT2D eigenvalue weighted by atomic mass is 10.1. The van der Waals surface area contributed by atoms with E-state index in [0.29, 0.717) is 6.54 Å². The van der Waals surface area contributed by atoms with E-state index in [1.54, 1.807) is 0 Å². The van der Waals surface area contributed by atoms with E-state index in [9.17, 15) is 0 Å². The largest absolute Gasteiger partial charge is 0.370 e. The van der Waals surface area contributed by atoms with E-state index in [-0.39, 0.29) is 36.7 Å². The summed E-state index contributed by atoms with van der Waals surface area (Å²) in [5.41, 5.74) is 21.1. The Balaban J connectivity index is 0. The molecule has 0 aliphatic carbocycles. The van der Waals surface area contributed by atoms with Crippen molar-refractivity contribution in [2.24, 2.45) is 32.9 Å². The van der Waals surface area contributed by atoms with Gasteiger partial charge in [0.25, 0.3) is 0 Å². The fourth-order valence-corrected chi connectivity index (χ4v) is 3.01. The number of rotatable bonds is 10. The van der Waals surface area contributed by atoms with E-state index in [1.165, 1.54) is 29.0 Å². The van der Waals surface area contributed by atoms with Gasteiger partial charge in [-0.2, -0.15) is 0 Å². The van der Waals surface area contributed by atoms with Crippen LogP contribution in [0.1, 0.15) is 35.4 Å². The van der Waals surface area contributed by atoms with Gasteiger partial charge in [0.2, 0.25) is 0 Å². The van der Waals surface area contributed by atoms with Crippen molar-refractivity contribution < 1.29 is 0 Å². The Morgan fingerprint density at radius 1 is 0.739 bits per heavy atom. The maximum atomic E-state index is 5.30. The number of halogens is 2. The van der Waals surface area contributed by atoms with Crippen LogP contribution < -0.4 is 22.9 Å². The highest BCUT2D eigenvalue weighted by Crippen LogP contribution is 2.19. The van der Waals surface area contributed by atoms with Gasteiger partial charge >= 0.3 is 0 Å². The SMILES string of the molecule is Cl.Cl.NC(N)=NCCCCCCc1ccc(CCN=C(N)N)s1. The lowest BCUT2D eigenvalue weighted by Crippen LogP contribution is -2.23. The highest BCUT2D eigenvalue weighted by Gasteiger charge is 2.00. The number of unbranched alkanes of at least 4 members (excludes halogenated alkanes) is 3. The zero-order valence-corrected chi connectivity index (χ0v) is 15.7. The molecule has 0 saturated carbocycles. The zero-order valence-electron chi connectivity index (χ0n) is 13.2. The molecule has 0 fully saturated rings. The Hall–Kier alpha value is -1.18. The number of thiophene rings is 1. The normalized spacial score (nSPS) is 9.39. The summed E-state index contributed by atoms with van der Waals surface area (Å²) in [6.07, 6.45) is 6.67. The molecule has 23 heavy (non-hydrogen) atoms. The van der Waals surface area contributed by atoms with Crippen LogP contribution in [0.4, 0.5) is 0 Å². The molecule has 0 aromatic carbocycles. The van der Waals surface area contributed by atoms with Crippen LogP contribution in [0, 0.1) is 0 Å². The van der Waals surface area contributed by atoms with Gasteiger partial charge in [-0.15, -0.1) is 36.2 Å². The topological polar surface area (TPSA) is 129 Å². The predicted molar refractivity (Wildman–Crippen MR) is 106 cm³/mol. The number of guanidine groups is 2. The first kappa shape index (κ1) is 24.1. The predicted octanol–water partition coefficient (Wildman–Crippen LogP) is 1.78. The highest BCUT2D eigenvalue weighted by molar-refractivity contribution is 7.11. The van der Waals surface area contributed by atoms with Gasteiger partial charge < -0.3 is 22.9 Å². The second-order valence-corrected chi connectivity index (χ2v) is 6.15. The minimum Gasteiger partial charge on any atom is -0.370 e. The third kappa shape index (κ3) is 13.0. The number of hydrogen-bond acceptors (Lipinski definition) is 3. The Morgan fingerprint density at radius 2 is 1.26 bits per heavy atom. The summed E-state index contributed by atoms with van der Waals surface area (Å²) in [6.45, 7) is 1.39. The zero-order chi connectivity index (χ0) is 15.5. The maximum Gasteiger partial charge on any atom is 0.185 e. The van der Waals surface area contributed by atoms with E-state index >= 15 is 0 Å². The van der Waals surface area contributed by atoms with Gasteiger partial charge in [-0.3, -0.25) is 9.98 Å². The van der Waals surface area contributed by atoms with Crippen LogP contribution in [0.2, 0.25) is 0 Å². The van der Waals surface area contributed by atoms with Gasteiger partial charge in [0.1, 0.15) is 0 Å². The quantitative estimate of drug-likeness (QED) is 0.279. The third-order valence-corrected chi connectivity index (χ3v) is 4.20. The van der Waals surface area contributed by atoms with Crippen molar-refractivity contribution >= 4 is 48.1 Å². The summed E-state index contributed by atoms with van der Waals surface area (Å²) in [7, 11) is 0. The molecule has 1 rings (SSSR count). The first-order valence-corrected chi connectivity index (χ1v) is 8.08. The Bertz CT molecular complexity index is 468. The highest BCUT2D eigenvalue weighted by atomic mass is 35.5. The van der Waals surface area contributed by atoms with Crippen LogP contribution in [-0.4, -0.2) is 25.0 Å². The van der Waals surface area contributed by atoms with Crippen molar-refractivity contribution in [3.8, 4) is 0 Å². The van der Waals surface area contributed by atoms with Gasteiger partial charge in [-0.05, 0) is 31.4 Å². The van der Waals surface area contributed by atoms with Crippen molar-refractivity contribution in [1.29, 1.82) is 0 Å². The molecule has 0 saturated heterocycles. The fourth-order valence-electron chi connectivity index (χ4n) is 1.96. The van der Waals surface area contributed by atoms with Crippen LogP contribution in [-0.2, 0) is 12.8 Å². The average molecular weight is 383 g/mol. The van der Waals surface area contributed by atoms with E-state index in [0.717, 1.165) is 25.8 Å². The summed E-state index contributed by atoms with van der Waals surface area (Å²) in [5, 5.41) is 0. The molecule has 6 nitrogen and oxygen atoms in total. The van der Waals surface area contributed by atoms with Crippen LogP contribution in [0.5, 0.6) is 0 Å². The van der Waals surface area contributed by atoms with Crippen LogP contribution in [0.15, 0.2) is 22.1 Å². The molecule has 1 aromatic heterocycles. The van der Waals surface area contributed by atoms with E-state index in [2.05, 4.69) is 22.1 Å². The molecule has 0 bridgehead atoms. The molecular weight excluding hydrogens is 355 g/mol. The van der Waals surface area contributed by atoms with Crippen molar-refractivity contribution in [2.75, 3.05) is 13.1 Å². The second kappa shape index (κ2) is 14.4. The summed E-state index contributed by atoms with van der Waals surface area (Å²) in [6, 6.07) is 4.37. The first-order valence-electron chi connectivity index (χ1n) is 7.26. The minimum absolute atomic E-state index is 0. The van der Waals surface area contributed by atoms with Gasteiger partial charge in [0, 0.05) is 29.3 Å². The molecule has 0 radical (unpaired) electrons. The van der Waals surface area contributed by atoms with Crippen molar-refractivity contribution in [3.05, 3.63) is 21.9 Å². The maximum absolute atomic E-state index is 5.30. The lowest BCUT2D eigenvalue weighted by molar-refractivity contribution is 0.649. The molecule has 9 heteroatoms. The Kier molecular flexibility index (Phi) is 15.1. The van der Waals surface area contributed by atoms with Gasteiger partial charge in [0.15, 0.2) is 11.9 Å². The molecule has 8 N–H and O–H groups in total. The monoisotopic (exact) mass is 382 g/mol. The molecule has 0 spiro atoms. The fraction of sp³-hybridized carbons (Fsp3) is 0.571. The van der Waals surface area contributed by atoms with Crippen molar-refractivity contribution in [3.63, 3.8) is 0 Å². The van der Waals surface area contributed by atoms with Crippen molar-refractivity contribution in [2.45, 2.75) is 38.5 Å². The molecular formula is C14H28Cl2N6S. The van der Waals surface area contributed by atoms with Crippen LogP contribution in [0.25, 0.3) is 0 Å². The Labute approximate surface area is 154 Å². The summed E-state index contributed by atoms with van der Waals surface area (Å²) in [5.74, 6) is 0.342. The number of hydrogen-bond donors (Lipinski definition) is 4. The number of nitrogens with zero attached hydrogens (tertiary/aromatic N) is 2. The molecule has 1 heterocycles. The molecule has 0 atom stereocenters. The number of aliphatic imine (C=N–C) groups is 2. The minimum atomic E-state index is 0. The number of nitrogens with two attached hydrogens (primary N) is 4. The lowest BCUT2D eigenvalue weighted by Gasteiger charge is -1.99. The van der Waals surface area contributed by atoms with E-state index in [4.69, 9.17) is 22.9 Å².